The van der Waals surface area contributed by atoms with Gasteiger partial charge in [0.15, 0.2) is 11.6 Å². The summed E-state index contributed by atoms with van der Waals surface area (Å²) in [6.45, 7) is 2.32. The van der Waals surface area contributed by atoms with Crippen LogP contribution in [0, 0.1) is 11.6 Å². The van der Waals surface area contributed by atoms with Crippen molar-refractivity contribution in [2.45, 2.75) is 19.6 Å². The van der Waals surface area contributed by atoms with Crippen LogP contribution in [0.3, 0.4) is 0 Å². The van der Waals surface area contributed by atoms with E-state index >= 15 is 0 Å². The van der Waals surface area contributed by atoms with E-state index in [4.69, 9.17) is 9.47 Å². The summed E-state index contributed by atoms with van der Waals surface area (Å²) in [5.74, 6) is -0.572. The first kappa shape index (κ1) is 20.8. The fourth-order valence-corrected chi connectivity index (χ4v) is 3.25. The Morgan fingerprint density at radius 1 is 0.968 bits per heavy atom. The summed E-state index contributed by atoms with van der Waals surface area (Å²) >= 11 is 0. The van der Waals surface area contributed by atoms with Gasteiger partial charge in [-0.3, -0.25) is 4.98 Å². The summed E-state index contributed by atoms with van der Waals surface area (Å²) in [5.41, 5.74) is 2.83. The highest BCUT2D eigenvalue weighted by Gasteiger charge is 2.09. The molecule has 4 rings (SSSR count). The van der Waals surface area contributed by atoms with Crippen molar-refractivity contribution in [2.75, 3.05) is 13.2 Å². The third-order valence-corrected chi connectivity index (χ3v) is 4.76. The number of halogens is 2. The van der Waals surface area contributed by atoms with E-state index in [1.807, 2.05) is 42.6 Å². The molecule has 7 heteroatoms. The number of rotatable bonds is 10. The van der Waals surface area contributed by atoms with Gasteiger partial charge in [0.1, 0.15) is 18.2 Å². The molecule has 4 aromatic rings. The zero-order valence-electron chi connectivity index (χ0n) is 16.9. The van der Waals surface area contributed by atoms with Crippen molar-refractivity contribution >= 4 is 10.9 Å². The highest BCUT2D eigenvalue weighted by Crippen LogP contribution is 2.27. The van der Waals surface area contributed by atoms with Gasteiger partial charge in [0.2, 0.25) is 0 Å². The van der Waals surface area contributed by atoms with E-state index in [0.29, 0.717) is 6.61 Å². The first-order chi connectivity index (χ1) is 15.2. The molecular weight excluding hydrogens is 400 g/mol. The molecule has 0 amide bonds. The number of nitrogens with one attached hydrogen (secondary N) is 2. The summed E-state index contributed by atoms with van der Waals surface area (Å²) in [7, 11) is 0. The molecule has 5 nitrogen and oxygen atoms in total. The third kappa shape index (κ3) is 5.58. The average Bonchev–Trinajstić information content (AvgIpc) is 3.20. The normalized spacial score (nSPS) is 11.0. The van der Waals surface area contributed by atoms with Gasteiger partial charge in [0.25, 0.3) is 0 Å². The lowest BCUT2D eigenvalue weighted by atomic mass is 10.2. The number of H-pyrrole nitrogens is 1. The highest BCUT2D eigenvalue weighted by atomic mass is 19.1. The molecule has 0 aliphatic rings. The van der Waals surface area contributed by atoms with Crippen LogP contribution in [0.1, 0.15) is 17.7 Å². The fraction of sp³-hybridized carbons (Fsp3) is 0.208. The Bertz CT molecular complexity index is 1130. The van der Waals surface area contributed by atoms with E-state index in [2.05, 4.69) is 15.3 Å². The minimum Gasteiger partial charge on any atom is -0.493 e. The Morgan fingerprint density at radius 2 is 1.90 bits per heavy atom. The van der Waals surface area contributed by atoms with Gasteiger partial charge in [-0.1, -0.05) is 12.1 Å². The van der Waals surface area contributed by atoms with E-state index in [1.165, 1.54) is 12.1 Å². The number of pyridine rings is 1. The number of ether oxygens (including phenoxy) is 2. The number of fused-ring (bicyclic) bond motifs is 1. The van der Waals surface area contributed by atoms with Crippen molar-refractivity contribution in [3.63, 3.8) is 0 Å². The maximum atomic E-state index is 13.7. The van der Waals surface area contributed by atoms with Gasteiger partial charge in [-0.05, 0) is 54.9 Å². The van der Waals surface area contributed by atoms with Gasteiger partial charge in [0.05, 0.1) is 12.3 Å². The zero-order chi connectivity index (χ0) is 21.5. The molecule has 31 heavy (non-hydrogen) atoms. The lowest BCUT2D eigenvalue weighted by molar-refractivity contribution is 0.286. The number of aromatic amines is 1. The van der Waals surface area contributed by atoms with Gasteiger partial charge in [-0.15, -0.1) is 0 Å². The van der Waals surface area contributed by atoms with Gasteiger partial charge >= 0.3 is 0 Å². The van der Waals surface area contributed by atoms with E-state index in [0.717, 1.165) is 53.5 Å². The fourth-order valence-electron chi connectivity index (χ4n) is 3.25. The van der Waals surface area contributed by atoms with Gasteiger partial charge < -0.3 is 19.8 Å². The van der Waals surface area contributed by atoms with Crippen molar-refractivity contribution in [3.05, 3.63) is 89.9 Å². The number of aromatic nitrogens is 2. The molecule has 0 saturated carbocycles. The van der Waals surface area contributed by atoms with E-state index in [1.54, 1.807) is 6.20 Å². The smallest absolute Gasteiger partial charge is 0.167 e. The molecule has 2 heterocycles. The molecular formula is C24H23F2N3O2. The van der Waals surface area contributed by atoms with Crippen molar-refractivity contribution in [1.29, 1.82) is 0 Å². The SMILES string of the molecule is Fc1ccc(OCc2cc3c(OCCCNCc4cccnc4)cccc3[nH]2)c(F)c1. The van der Waals surface area contributed by atoms with Crippen molar-refractivity contribution in [1.82, 2.24) is 15.3 Å². The number of nitrogens with zero attached hydrogens (tertiary/aromatic N) is 1. The van der Waals surface area contributed by atoms with Crippen LogP contribution in [0.2, 0.25) is 0 Å². The molecule has 0 unspecified atom stereocenters. The lowest BCUT2D eigenvalue weighted by Crippen LogP contribution is -2.17. The molecule has 0 fully saturated rings. The zero-order valence-corrected chi connectivity index (χ0v) is 16.9. The van der Waals surface area contributed by atoms with E-state index < -0.39 is 11.6 Å². The summed E-state index contributed by atoms with van der Waals surface area (Å²) in [4.78, 5) is 7.34. The molecule has 2 aromatic heterocycles. The van der Waals surface area contributed by atoms with Crippen LogP contribution in [-0.4, -0.2) is 23.1 Å². The summed E-state index contributed by atoms with van der Waals surface area (Å²) < 4.78 is 38.2. The summed E-state index contributed by atoms with van der Waals surface area (Å²) in [6.07, 6.45) is 4.47. The Labute approximate surface area is 179 Å². The molecule has 0 radical (unpaired) electrons. The highest BCUT2D eigenvalue weighted by molar-refractivity contribution is 5.86. The molecule has 0 saturated heterocycles. The topological polar surface area (TPSA) is 59.2 Å². The van der Waals surface area contributed by atoms with Crippen LogP contribution in [0.25, 0.3) is 10.9 Å². The maximum Gasteiger partial charge on any atom is 0.167 e. The van der Waals surface area contributed by atoms with E-state index in [-0.39, 0.29) is 12.4 Å². The standard InChI is InChI=1S/C24H23F2N3O2/c25-18-7-8-24(21(26)12-18)31-16-19-13-20-22(29-19)5-1-6-23(20)30-11-3-10-28-15-17-4-2-9-27-14-17/h1-2,4-9,12-14,28-29H,3,10-11,15-16H2. The Balaban J connectivity index is 1.29. The summed E-state index contributed by atoms with van der Waals surface area (Å²) in [6, 6.07) is 14.9. The van der Waals surface area contributed by atoms with Crippen molar-refractivity contribution in [3.8, 4) is 11.5 Å². The average molecular weight is 423 g/mol. The molecule has 0 atom stereocenters. The second-order valence-electron chi connectivity index (χ2n) is 7.12. The van der Waals surface area contributed by atoms with Gasteiger partial charge in [0, 0.05) is 35.9 Å². The first-order valence-electron chi connectivity index (χ1n) is 10.1. The van der Waals surface area contributed by atoms with Crippen LogP contribution >= 0.6 is 0 Å². The summed E-state index contributed by atoms with van der Waals surface area (Å²) in [5, 5.41) is 4.31. The monoisotopic (exact) mass is 423 g/mol. The second-order valence-corrected chi connectivity index (χ2v) is 7.12. The van der Waals surface area contributed by atoms with Crippen LogP contribution in [0.5, 0.6) is 11.5 Å². The molecule has 0 aliphatic heterocycles. The second kappa shape index (κ2) is 10.0. The number of hydrogen-bond donors (Lipinski definition) is 2. The predicted molar refractivity (Wildman–Crippen MR) is 115 cm³/mol. The van der Waals surface area contributed by atoms with Crippen molar-refractivity contribution in [2.24, 2.45) is 0 Å². The molecule has 0 spiro atoms. The van der Waals surface area contributed by atoms with Crippen LogP contribution < -0.4 is 14.8 Å². The largest absolute Gasteiger partial charge is 0.493 e. The molecule has 2 aromatic carbocycles. The Kier molecular flexibility index (Phi) is 6.74. The van der Waals surface area contributed by atoms with Gasteiger partial charge in [-0.25, -0.2) is 8.78 Å². The minimum atomic E-state index is -0.725. The predicted octanol–water partition coefficient (Wildman–Crippen LogP) is 4.98. The van der Waals surface area contributed by atoms with Crippen molar-refractivity contribution < 1.29 is 18.3 Å². The first-order valence-corrected chi connectivity index (χ1v) is 10.1. The molecule has 2 N–H and O–H groups in total. The van der Waals surface area contributed by atoms with E-state index in [9.17, 15) is 8.78 Å². The lowest BCUT2D eigenvalue weighted by Gasteiger charge is -2.08. The van der Waals surface area contributed by atoms with Crippen LogP contribution in [0.15, 0.2) is 67.0 Å². The van der Waals surface area contributed by atoms with Crippen LogP contribution in [0.4, 0.5) is 8.78 Å². The number of hydrogen-bond acceptors (Lipinski definition) is 4. The molecule has 160 valence electrons. The maximum absolute atomic E-state index is 13.7. The molecule has 0 aliphatic carbocycles. The number of benzene rings is 2. The van der Waals surface area contributed by atoms with Gasteiger partial charge in [-0.2, -0.15) is 0 Å². The van der Waals surface area contributed by atoms with Crippen LogP contribution in [-0.2, 0) is 13.2 Å². The minimum absolute atomic E-state index is 0.00955. The quantitative estimate of drug-likeness (QED) is 0.353. The molecule has 0 bridgehead atoms. The Morgan fingerprint density at radius 3 is 2.74 bits per heavy atom. The Hall–Kier alpha value is -3.45. The third-order valence-electron chi connectivity index (χ3n) is 4.76.